The van der Waals surface area contributed by atoms with Crippen LogP contribution in [-0.2, 0) is 6.42 Å². The van der Waals surface area contributed by atoms with Gasteiger partial charge in [-0.2, -0.15) is 0 Å². The smallest absolute Gasteiger partial charge is 0.254 e. The number of hydrogen-bond acceptors (Lipinski definition) is 3. The van der Waals surface area contributed by atoms with Gasteiger partial charge in [-0.15, -0.1) is 0 Å². The van der Waals surface area contributed by atoms with Crippen LogP contribution in [0.15, 0.2) is 42.7 Å². The maximum absolute atomic E-state index is 13.3. The average molecular weight is 361 g/mol. The van der Waals surface area contributed by atoms with Crippen LogP contribution in [0.25, 0.3) is 11.0 Å². The number of aromatic amines is 1. The molecule has 1 amide bonds. The Morgan fingerprint density at radius 2 is 2.19 bits per heavy atom. The first-order chi connectivity index (χ1) is 13.3. The zero-order valence-corrected chi connectivity index (χ0v) is 15.4. The molecule has 27 heavy (non-hydrogen) atoms. The van der Waals surface area contributed by atoms with E-state index in [4.69, 9.17) is 4.74 Å². The van der Waals surface area contributed by atoms with Crippen LogP contribution in [0.5, 0.6) is 5.75 Å². The largest absolute Gasteiger partial charge is 0.496 e. The van der Waals surface area contributed by atoms with Crippen LogP contribution in [0.2, 0.25) is 0 Å². The summed E-state index contributed by atoms with van der Waals surface area (Å²) in [5.41, 5.74) is 5.23. The monoisotopic (exact) mass is 361 g/mol. The number of piperidine rings is 1. The molecule has 5 nitrogen and oxygen atoms in total. The summed E-state index contributed by atoms with van der Waals surface area (Å²) in [6, 6.07) is 12.3. The molecule has 2 heterocycles. The van der Waals surface area contributed by atoms with E-state index in [9.17, 15) is 4.79 Å². The highest BCUT2D eigenvalue weighted by Gasteiger charge is 2.40. The van der Waals surface area contributed by atoms with Gasteiger partial charge in [-0.1, -0.05) is 12.1 Å². The molecule has 2 unspecified atom stereocenters. The number of carbonyl (C=O) groups excluding carboxylic acids is 1. The minimum absolute atomic E-state index is 0.125. The van der Waals surface area contributed by atoms with Crippen molar-refractivity contribution in [2.45, 2.75) is 37.6 Å². The third-order valence-corrected chi connectivity index (χ3v) is 6.16. The Bertz CT molecular complexity index is 995. The fourth-order valence-corrected chi connectivity index (χ4v) is 4.95. The summed E-state index contributed by atoms with van der Waals surface area (Å²) in [4.78, 5) is 22.8. The third-order valence-electron chi connectivity index (χ3n) is 6.16. The molecule has 1 fully saturated rings. The third kappa shape index (κ3) is 2.60. The van der Waals surface area contributed by atoms with E-state index in [1.807, 2.05) is 24.3 Å². The Kier molecular flexibility index (Phi) is 3.88. The molecule has 0 bridgehead atoms. The van der Waals surface area contributed by atoms with Crippen molar-refractivity contribution in [2.24, 2.45) is 0 Å². The molecule has 2 aliphatic rings. The number of likely N-dealkylation sites (tertiary alicyclic amines) is 1. The van der Waals surface area contributed by atoms with Crippen LogP contribution in [0, 0.1) is 0 Å². The second-order valence-corrected chi connectivity index (χ2v) is 7.52. The Balaban J connectivity index is 1.50. The van der Waals surface area contributed by atoms with Gasteiger partial charge in [0.2, 0.25) is 0 Å². The van der Waals surface area contributed by atoms with Gasteiger partial charge in [0.1, 0.15) is 5.75 Å². The van der Waals surface area contributed by atoms with Gasteiger partial charge in [0, 0.05) is 29.6 Å². The molecular weight excluding hydrogens is 338 g/mol. The number of imidazole rings is 1. The lowest BCUT2D eigenvalue weighted by Gasteiger charge is -2.45. The highest BCUT2D eigenvalue weighted by atomic mass is 16.5. The van der Waals surface area contributed by atoms with Gasteiger partial charge in [0.15, 0.2) is 0 Å². The van der Waals surface area contributed by atoms with Crippen molar-refractivity contribution in [1.82, 2.24) is 14.9 Å². The van der Waals surface area contributed by atoms with E-state index in [1.54, 1.807) is 13.4 Å². The summed E-state index contributed by atoms with van der Waals surface area (Å²) >= 11 is 0. The van der Waals surface area contributed by atoms with Gasteiger partial charge >= 0.3 is 0 Å². The molecule has 2 atom stereocenters. The lowest BCUT2D eigenvalue weighted by molar-refractivity contribution is 0.0544. The first-order valence-electron chi connectivity index (χ1n) is 9.66. The highest BCUT2D eigenvalue weighted by Crippen LogP contribution is 2.45. The fourth-order valence-electron chi connectivity index (χ4n) is 4.95. The van der Waals surface area contributed by atoms with Crippen molar-refractivity contribution >= 4 is 16.9 Å². The number of hydrogen-bond donors (Lipinski definition) is 1. The van der Waals surface area contributed by atoms with Crippen LogP contribution in [0.4, 0.5) is 0 Å². The second kappa shape index (κ2) is 6.41. The average Bonchev–Trinajstić information content (AvgIpc) is 3.20. The predicted molar refractivity (Wildman–Crippen MR) is 104 cm³/mol. The van der Waals surface area contributed by atoms with E-state index in [1.165, 1.54) is 11.1 Å². The maximum atomic E-state index is 13.3. The predicted octanol–water partition coefficient (Wildman–Crippen LogP) is 3.91. The molecule has 1 aliphatic heterocycles. The summed E-state index contributed by atoms with van der Waals surface area (Å²) in [7, 11) is 1.74. The molecule has 0 spiro atoms. The van der Waals surface area contributed by atoms with Crippen LogP contribution in [0.3, 0.4) is 0 Å². The molecule has 138 valence electrons. The van der Waals surface area contributed by atoms with E-state index in [0.717, 1.165) is 54.6 Å². The van der Waals surface area contributed by atoms with E-state index in [-0.39, 0.29) is 11.9 Å². The summed E-state index contributed by atoms with van der Waals surface area (Å²) in [5, 5.41) is 0. The first kappa shape index (κ1) is 16.4. The fraction of sp³-hybridized carbons (Fsp3) is 0.364. The number of nitrogens with one attached hydrogen (secondary N) is 1. The molecule has 5 heteroatoms. The number of amides is 1. The van der Waals surface area contributed by atoms with Crippen LogP contribution >= 0.6 is 0 Å². The maximum Gasteiger partial charge on any atom is 0.254 e. The summed E-state index contributed by atoms with van der Waals surface area (Å²) < 4.78 is 5.67. The Hall–Kier alpha value is -2.82. The number of benzene rings is 2. The minimum Gasteiger partial charge on any atom is -0.496 e. The molecule has 1 N–H and O–H groups in total. The number of aryl methyl sites for hydroxylation is 1. The zero-order valence-electron chi connectivity index (χ0n) is 15.4. The van der Waals surface area contributed by atoms with Gasteiger partial charge in [-0.05, 0) is 55.5 Å². The molecule has 1 saturated heterocycles. The Morgan fingerprint density at radius 1 is 1.26 bits per heavy atom. The summed E-state index contributed by atoms with van der Waals surface area (Å²) in [6.07, 6.45) is 5.82. The second-order valence-electron chi connectivity index (χ2n) is 7.52. The molecular formula is C22H23N3O2. The van der Waals surface area contributed by atoms with E-state index in [0.29, 0.717) is 5.92 Å². The Labute approximate surface area is 158 Å². The number of ether oxygens (including phenoxy) is 1. The lowest BCUT2D eigenvalue weighted by atomic mass is 9.73. The molecule has 1 aromatic heterocycles. The number of carbonyl (C=O) groups is 1. The van der Waals surface area contributed by atoms with Gasteiger partial charge in [-0.3, -0.25) is 4.79 Å². The van der Waals surface area contributed by atoms with Gasteiger partial charge in [0.25, 0.3) is 5.91 Å². The van der Waals surface area contributed by atoms with Crippen molar-refractivity contribution in [3.63, 3.8) is 0 Å². The SMILES string of the molecule is COc1cccc2c1C1CCCN(C(=O)c3ccc4nc[nH]c4c3)C1CC2. The quantitative estimate of drug-likeness (QED) is 0.753. The van der Waals surface area contributed by atoms with E-state index in [2.05, 4.69) is 27.0 Å². The van der Waals surface area contributed by atoms with Crippen LogP contribution < -0.4 is 4.74 Å². The van der Waals surface area contributed by atoms with Gasteiger partial charge < -0.3 is 14.6 Å². The van der Waals surface area contributed by atoms with Crippen molar-refractivity contribution in [1.29, 1.82) is 0 Å². The van der Waals surface area contributed by atoms with Gasteiger partial charge in [0.05, 0.1) is 24.5 Å². The Morgan fingerprint density at radius 3 is 3.07 bits per heavy atom. The normalized spacial score (nSPS) is 21.6. The van der Waals surface area contributed by atoms with Crippen molar-refractivity contribution in [3.05, 3.63) is 59.4 Å². The molecule has 0 radical (unpaired) electrons. The topological polar surface area (TPSA) is 58.2 Å². The highest BCUT2D eigenvalue weighted by molar-refractivity contribution is 5.97. The number of fused-ring (bicyclic) bond motifs is 4. The van der Waals surface area contributed by atoms with Crippen molar-refractivity contribution in [3.8, 4) is 5.75 Å². The molecule has 1 aliphatic carbocycles. The number of nitrogens with zero attached hydrogens (tertiary/aromatic N) is 2. The van der Waals surface area contributed by atoms with Crippen molar-refractivity contribution < 1.29 is 9.53 Å². The standard InChI is InChI=1S/C22H23N3O2/c1-27-20-6-2-4-14-8-10-19-16(21(14)20)5-3-11-25(19)22(26)15-7-9-17-18(12-15)24-13-23-17/h2,4,6-7,9,12-13,16,19H,3,5,8,10-11H2,1H3,(H,23,24). The van der Waals surface area contributed by atoms with E-state index < -0.39 is 0 Å². The summed E-state index contributed by atoms with van der Waals surface area (Å²) in [6.45, 7) is 0.825. The van der Waals surface area contributed by atoms with Crippen LogP contribution in [0.1, 0.15) is 46.7 Å². The zero-order chi connectivity index (χ0) is 18.4. The lowest BCUT2D eigenvalue weighted by Crippen LogP contribution is -2.49. The van der Waals surface area contributed by atoms with Gasteiger partial charge in [-0.25, -0.2) is 4.98 Å². The van der Waals surface area contributed by atoms with E-state index >= 15 is 0 Å². The first-order valence-corrected chi connectivity index (χ1v) is 9.66. The number of methoxy groups -OCH3 is 1. The molecule has 5 rings (SSSR count). The number of aromatic nitrogens is 2. The number of H-pyrrole nitrogens is 1. The molecule has 0 saturated carbocycles. The minimum atomic E-state index is 0.125. The summed E-state index contributed by atoms with van der Waals surface area (Å²) in [5.74, 6) is 1.45. The van der Waals surface area contributed by atoms with Crippen LogP contribution in [-0.4, -0.2) is 40.5 Å². The molecule has 3 aromatic rings. The molecule has 2 aromatic carbocycles. The van der Waals surface area contributed by atoms with Crippen molar-refractivity contribution in [2.75, 3.05) is 13.7 Å². The number of rotatable bonds is 2.